The van der Waals surface area contributed by atoms with Gasteiger partial charge in [-0.3, -0.25) is 9.78 Å². The normalized spacial score (nSPS) is 26.3. The lowest BCUT2D eigenvalue weighted by Crippen LogP contribution is -2.50. The summed E-state index contributed by atoms with van der Waals surface area (Å²) in [5, 5.41) is 0. The maximum Gasteiger partial charge on any atom is 0.254 e. The molecule has 2 fully saturated rings. The molecule has 0 bridgehead atoms. The fourth-order valence-electron chi connectivity index (χ4n) is 3.21. The van der Waals surface area contributed by atoms with Crippen molar-refractivity contribution in [2.24, 2.45) is 0 Å². The quantitative estimate of drug-likeness (QED) is 0.855. The Morgan fingerprint density at radius 3 is 2.95 bits per heavy atom. The molecule has 120 valence electrons. The first-order valence-electron chi connectivity index (χ1n) is 8.11. The van der Waals surface area contributed by atoms with Crippen LogP contribution in [0.2, 0.25) is 0 Å². The topological polar surface area (TPSA) is 51.7 Å². The van der Waals surface area contributed by atoms with Gasteiger partial charge < -0.3 is 14.4 Å². The van der Waals surface area contributed by atoms with Crippen molar-refractivity contribution in [3.63, 3.8) is 0 Å². The van der Waals surface area contributed by atoms with Crippen LogP contribution in [0.4, 0.5) is 0 Å². The number of aromatic nitrogens is 1. The number of nitrogens with zero attached hydrogens (tertiary/aromatic N) is 2. The van der Waals surface area contributed by atoms with E-state index in [1.54, 1.807) is 6.20 Å². The minimum atomic E-state index is -0.594. The number of rotatable bonds is 4. The zero-order valence-electron chi connectivity index (χ0n) is 13.2. The lowest BCUT2D eigenvalue weighted by atomic mass is 9.98. The van der Waals surface area contributed by atoms with Crippen LogP contribution in [0.25, 0.3) is 0 Å². The van der Waals surface area contributed by atoms with Gasteiger partial charge in [0.15, 0.2) is 0 Å². The van der Waals surface area contributed by atoms with Gasteiger partial charge in [0, 0.05) is 32.1 Å². The number of hydrogen-bond acceptors (Lipinski definition) is 4. The van der Waals surface area contributed by atoms with Gasteiger partial charge in [-0.1, -0.05) is 6.07 Å². The van der Waals surface area contributed by atoms with E-state index in [-0.39, 0.29) is 12.0 Å². The Hall–Kier alpha value is -1.46. The zero-order valence-corrected chi connectivity index (χ0v) is 13.2. The van der Waals surface area contributed by atoms with Crippen LogP contribution in [0.3, 0.4) is 0 Å². The van der Waals surface area contributed by atoms with E-state index >= 15 is 0 Å². The Balaban J connectivity index is 1.45. The van der Waals surface area contributed by atoms with E-state index in [4.69, 9.17) is 9.47 Å². The molecule has 5 heteroatoms. The minimum Gasteiger partial charge on any atom is -0.373 e. The van der Waals surface area contributed by atoms with Crippen LogP contribution in [-0.4, -0.2) is 47.2 Å². The lowest BCUT2D eigenvalue weighted by Gasteiger charge is -2.36. The van der Waals surface area contributed by atoms with Crippen LogP contribution in [-0.2, 0) is 20.9 Å². The van der Waals surface area contributed by atoms with E-state index in [0.717, 1.165) is 44.3 Å². The van der Waals surface area contributed by atoms with Crippen molar-refractivity contribution in [2.75, 3.05) is 19.7 Å². The van der Waals surface area contributed by atoms with E-state index in [0.29, 0.717) is 13.2 Å². The highest BCUT2D eigenvalue weighted by Crippen LogP contribution is 2.28. The summed E-state index contributed by atoms with van der Waals surface area (Å²) in [6, 6.07) is 3.94. The predicted molar refractivity (Wildman–Crippen MR) is 82.2 cm³/mol. The van der Waals surface area contributed by atoms with E-state index in [2.05, 4.69) is 4.98 Å². The third-order valence-corrected chi connectivity index (χ3v) is 4.61. The molecule has 0 radical (unpaired) electrons. The van der Waals surface area contributed by atoms with Crippen molar-refractivity contribution < 1.29 is 14.3 Å². The van der Waals surface area contributed by atoms with Crippen LogP contribution in [0.15, 0.2) is 24.5 Å². The number of ether oxygens (including phenoxy) is 2. The molecule has 1 aromatic heterocycles. The molecule has 1 aromatic rings. The summed E-state index contributed by atoms with van der Waals surface area (Å²) in [6.07, 6.45) is 7.41. The molecule has 0 spiro atoms. The zero-order chi connectivity index (χ0) is 15.4. The highest BCUT2D eigenvalue weighted by Gasteiger charge is 2.41. The van der Waals surface area contributed by atoms with Gasteiger partial charge in [-0.2, -0.15) is 0 Å². The van der Waals surface area contributed by atoms with Crippen LogP contribution < -0.4 is 0 Å². The first-order valence-corrected chi connectivity index (χ1v) is 8.11. The standard InChI is InChI=1S/C17H24N2O3/c1-17(7-3-11-22-17)16(20)19-9-5-15(6-10-19)21-13-14-4-2-8-18-12-14/h2,4,8,12,15H,3,5-7,9-11,13H2,1H3. The van der Waals surface area contributed by atoms with Gasteiger partial charge in [0.1, 0.15) is 5.60 Å². The van der Waals surface area contributed by atoms with E-state index in [1.165, 1.54) is 0 Å². The number of hydrogen-bond donors (Lipinski definition) is 0. The maximum absolute atomic E-state index is 12.6. The van der Waals surface area contributed by atoms with Crippen LogP contribution >= 0.6 is 0 Å². The lowest BCUT2D eigenvalue weighted by molar-refractivity contribution is -0.153. The van der Waals surface area contributed by atoms with Crippen molar-refractivity contribution in [1.29, 1.82) is 0 Å². The second-order valence-electron chi connectivity index (χ2n) is 6.35. The molecule has 1 atom stereocenters. The van der Waals surface area contributed by atoms with Crippen molar-refractivity contribution in [3.8, 4) is 0 Å². The molecule has 0 N–H and O–H groups in total. The smallest absolute Gasteiger partial charge is 0.254 e. The Morgan fingerprint density at radius 2 is 2.32 bits per heavy atom. The van der Waals surface area contributed by atoms with Gasteiger partial charge >= 0.3 is 0 Å². The van der Waals surface area contributed by atoms with Crippen molar-refractivity contribution >= 4 is 5.91 Å². The molecule has 3 heterocycles. The number of amides is 1. The molecule has 3 rings (SSSR count). The summed E-state index contributed by atoms with van der Waals surface area (Å²) in [4.78, 5) is 18.6. The van der Waals surface area contributed by atoms with Crippen molar-refractivity contribution in [2.45, 2.75) is 50.9 Å². The van der Waals surface area contributed by atoms with Gasteiger partial charge in [0.05, 0.1) is 12.7 Å². The van der Waals surface area contributed by atoms with Gasteiger partial charge in [-0.25, -0.2) is 0 Å². The second kappa shape index (κ2) is 6.75. The predicted octanol–water partition coefficient (Wildman–Crippen LogP) is 2.16. The Kier molecular flexibility index (Phi) is 4.74. The molecular formula is C17H24N2O3. The molecule has 22 heavy (non-hydrogen) atoms. The fourth-order valence-corrected chi connectivity index (χ4v) is 3.21. The third-order valence-electron chi connectivity index (χ3n) is 4.61. The van der Waals surface area contributed by atoms with E-state index < -0.39 is 5.60 Å². The van der Waals surface area contributed by atoms with Crippen LogP contribution in [0.1, 0.15) is 38.2 Å². The monoisotopic (exact) mass is 304 g/mol. The van der Waals surface area contributed by atoms with Gasteiger partial charge in [0.2, 0.25) is 0 Å². The third kappa shape index (κ3) is 3.47. The highest BCUT2D eigenvalue weighted by atomic mass is 16.5. The molecule has 2 saturated heterocycles. The van der Waals surface area contributed by atoms with Gasteiger partial charge in [0.25, 0.3) is 5.91 Å². The average molecular weight is 304 g/mol. The molecule has 2 aliphatic rings. The minimum absolute atomic E-state index is 0.149. The summed E-state index contributed by atoms with van der Waals surface area (Å²) >= 11 is 0. The van der Waals surface area contributed by atoms with Crippen LogP contribution in [0, 0.1) is 0 Å². The van der Waals surface area contributed by atoms with E-state index in [9.17, 15) is 4.79 Å². The molecule has 5 nitrogen and oxygen atoms in total. The first-order chi connectivity index (χ1) is 10.7. The maximum atomic E-state index is 12.6. The summed E-state index contributed by atoms with van der Waals surface area (Å²) in [5.41, 5.74) is 0.497. The average Bonchev–Trinajstić information content (AvgIpc) is 3.02. The Bertz CT molecular complexity index is 492. The Labute approximate surface area is 131 Å². The van der Waals surface area contributed by atoms with Gasteiger partial charge in [-0.15, -0.1) is 0 Å². The largest absolute Gasteiger partial charge is 0.373 e. The Morgan fingerprint density at radius 1 is 1.50 bits per heavy atom. The molecule has 2 aliphatic heterocycles. The fraction of sp³-hybridized carbons (Fsp3) is 0.647. The SMILES string of the molecule is CC1(C(=O)N2CCC(OCc3cccnc3)CC2)CCCO1. The highest BCUT2D eigenvalue weighted by molar-refractivity contribution is 5.85. The molecule has 0 saturated carbocycles. The summed E-state index contributed by atoms with van der Waals surface area (Å²) < 4.78 is 11.6. The molecular weight excluding hydrogens is 280 g/mol. The summed E-state index contributed by atoms with van der Waals surface area (Å²) in [7, 11) is 0. The van der Waals surface area contributed by atoms with Crippen LogP contribution in [0.5, 0.6) is 0 Å². The summed E-state index contributed by atoms with van der Waals surface area (Å²) in [6.45, 7) is 4.73. The summed E-state index contributed by atoms with van der Waals surface area (Å²) in [5.74, 6) is 0.149. The van der Waals surface area contributed by atoms with E-state index in [1.807, 2.05) is 30.2 Å². The first kappa shape index (κ1) is 15.4. The number of likely N-dealkylation sites (tertiary alicyclic amines) is 1. The number of piperidine rings is 1. The van der Waals surface area contributed by atoms with Crippen molar-refractivity contribution in [3.05, 3.63) is 30.1 Å². The van der Waals surface area contributed by atoms with Gasteiger partial charge in [-0.05, 0) is 44.2 Å². The number of pyridine rings is 1. The molecule has 1 amide bonds. The van der Waals surface area contributed by atoms with Crippen molar-refractivity contribution in [1.82, 2.24) is 9.88 Å². The molecule has 0 aromatic carbocycles. The second-order valence-corrected chi connectivity index (χ2v) is 6.35. The molecule has 0 aliphatic carbocycles. The number of carbonyl (C=O) groups is 1. The number of carbonyl (C=O) groups excluding carboxylic acids is 1. The molecule has 1 unspecified atom stereocenters.